The van der Waals surface area contributed by atoms with Gasteiger partial charge < -0.3 is 4.90 Å². The van der Waals surface area contributed by atoms with E-state index in [0.717, 1.165) is 5.92 Å². The van der Waals surface area contributed by atoms with Gasteiger partial charge in [0, 0.05) is 5.54 Å². The molecule has 0 radical (unpaired) electrons. The fraction of sp³-hybridized carbons (Fsp3) is 1.00. The Morgan fingerprint density at radius 1 is 1.27 bits per heavy atom. The molecule has 1 aliphatic heterocycles. The van der Waals surface area contributed by atoms with E-state index in [-0.39, 0.29) is 0 Å². The second-order valence-electron chi connectivity index (χ2n) is 4.42. The average Bonchev–Trinajstić information content (AvgIpc) is 2.03. The predicted octanol–water partition coefficient (Wildman–Crippen LogP) is 2.27. The van der Waals surface area contributed by atoms with Crippen LogP contribution in [0.25, 0.3) is 0 Å². The molecule has 0 aromatic rings. The van der Waals surface area contributed by atoms with E-state index in [1.165, 1.54) is 38.6 Å². The summed E-state index contributed by atoms with van der Waals surface area (Å²) in [4.78, 5) is 2.62. The number of nitrogens with zero attached hydrogens (tertiary/aromatic N) is 1. The first-order chi connectivity index (χ1) is 5.26. The van der Waals surface area contributed by atoms with Crippen LogP contribution in [0.2, 0.25) is 0 Å². The van der Waals surface area contributed by atoms with E-state index in [0.29, 0.717) is 5.54 Å². The molecule has 0 aromatic heterocycles. The Balaban J connectivity index is 2.09. The molecule has 0 amide bonds. The zero-order valence-electron chi connectivity index (χ0n) is 7.77. The monoisotopic (exact) mass is 153 g/mol. The minimum Gasteiger partial charge on any atom is -0.300 e. The van der Waals surface area contributed by atoms with Crippen LogP contribution in [-0.4, -0.2) is 24.0 Å². The third kappa shape index (κ3) is 0.936. The van der Waals surface area contributed by atoms with Gasteiger partial charge in [0.15, 0.2) is 0 Å². The first-order valence-corrected chi connectivity index (χ1v) is 4.97. The van der Waals surface area contributed by atoms with Crippen molar-refractivity contribution < 1.29 is 0 Å². The molecule has 2 unspecified atom stereocenters. The normalized spacial score (nSPS) is 45.8. The van der Waals surface area contributed by atoms with E-state index in [9.17, 15) is 0 Å². The summed E-state index contributed by atoms with van der Waals surface area (Å²) in [6.45, 7) is 3.76. The van der Waals surface area contributed by atoms with Crippen molar-refractivity contribution in [3.05, 3.63) is 0 Å². The third-order valence-electron chi connectivity index (χ3n) is 4.04. The lowest BCUT2D eigenvalue weighted by molar-refractivity contribution is -0.0476. The van der Waals surface area contributed by atoms with Gasteiger partial charge >= 0.3 is 0 Å². The Labute approximate surface area is 69.8 Å². The second kappa shape index (κ2) is 2.48. The number of rotatable bonds is 0. The van der Waals surface area contributed by atoms with E-state index in [4.69, 9.17) is 0 Å². The van der Waals surface area contributed by atoms with Crippen LogP contribution in [0.3, 0.4) is 0 Å². The molecule has 2 aliphatic rings. The molecule has 0 N–H and O–H groups in total. The summed E-state index contributed by atoms with van der Waals surface area (Å²) in [5, 5.41) is 0. The van der Waals surface area contributed by atoms with Crippen molar-refractivity contribution >= 4 is 0 Å². The van der Waals surface area contributed by atoms with Gasteiger partial charge in [-0.15, -0.1) is 0 Å². The summed E-state index contributed by atoms with van der Waals surface area (Å²) >= 11 is 0. The summed E-state index contributed by atoms with van der Waals surface area (Å²) in [7, 11) is 2.31. The highest BCUT2D eigenvalue weighted by Gasteiger charge is 2.47. The van der Waals surface area contributed by atoms with Crippen molar-refractivity contribution in [2.24, 2.45) is 5.92 Å². The Morgan fingerprint density at radius 3 is 2.45 bits per heavy atom. The van der Waals surface area contributed by atoms with Crippen LogP contribution in [0.15, 0.2) is 0 Å². The molecule has 1 heteroatoms. The summed E-state index contributed by atoms with van der Waals surface area (Å²) in [6.07, 6.45) is 7.28. The van der Waals surface area contributed by atoms with Gasteiger partial charge in [0.2, 0.25) is 0 Å². The fourth-order valence-electron chi connectivity index (χ4n) is 2.90. The molecule has 1 spiro atoms. The van der Waals surface area contributed by atoms with Crippen LogP contribution < -0.4 is 0 Å². The van der Waals surface area contributed by atoms with Crippen molar-refractivity contribution in [1.29, 1.82) is 0 Å². The van der Waals surface area contributed by atoms with Gasteiger partial charge in [-0.3, -0.25) is 0 Å². The standard InChI is InChI=1S/C10H19N/c1-9-5-7-10(9)6-3-4-8-11(10)2/h9H,3-8H2,1-2H3. The Morgan fingerprint density at radius 2 is 2.09 bits per heavy atom. The lowest BCUT2D eigenvalue weighted by atomic mass is 9.63. The highest BCUT2D eigenvalue weighted by Crippen LogP contribution is 2.47. The van der Waals surface area contributed by atoms with Gasteiger partial charge in [-0.2, -0.15) is 0 Å². The van der Waals surface area contributed by atoms with Crippen LogP contribution in [0.1, 0.15) is 39.0 Å². The summed E-state index contributed by atoms with van der Waals surface area (Å²) in [5.74, 6) is 0.966. The maximum Gasteiger partial charge on any atom is 0.0232 e. The zero-order chi connectivity index (χ0) is 7.90. The Bertz CT molecular complexity index is 155. The van der Waals surface area contributed by atoms with Crippen molar-refractivity contribution in [3.8, 4) is 0 Å². The van der Waals surface area contributed by atoms with Gasteiger partial charge in [-0.05, 0) is 45.2 Å². The van der Waals surface area contributed by atoms with E-state index in [1.807, 2.05) is 0 Å². The van der Waals surface area contributed by atoms with E-state index < -0.39 is 0 Å². The molecule has 2 atom stereocenters. The molecule has 2 fully saturated rings. The fourth-order valence-corrected chi connectivity index (χ4v) is 2.90. The molecule has 0 bridgehead atoms. The first kappa shape index (κ1) is 7.60. The van der Waals surface area contributed by atoms with Crippen LogP contribution in [0.4, 0.5) is 0 Å². The first-order valence-electron chi connectivity index (χ1n) is 4.97. The van der Waals surface area contributed by atoms with Crippen molar-refractivity contribution in [1.82, 2.24) is 4.90 Å². The maximum atomic E-state index is 2.62. The molecule has 2 rings (SSSR count). The largest absolute Gasteiger partial charge is 0.300 e. The Kier molecular flexibility index (Phi) is 1.71. The van der Waals surface area contributed by atoms with Crippen LogP contribution >= 0.6 is 0 Å². The molecule has 1 saturated heterocycles. The maximum absolute atomic E-state index is 2.62. The predicted molar refractivity (Wildman–Crippen MR) is 47.6 cm³/mol. The van der Waals surface area contributed by atoms with Gasteiger partial charge in [0.25, 0.3) is 0 Å². The summed E-state index contributed by atoms with van der Waals surface area (Å²) < 4.78 is 0. The van der Waals surface area contributed by atoms with Crippen LogP contribution in [0, 0.1) is 5.92 Å². The zero-order valence-corrected chi connectivity index (χ0v) is 7.77. The van der Waals surface area contributed by atoms with E-state index in [2.05, 4.69) is 18.9 Å². The van der Waals surface area contributed by atoms with Crippen molar-refractivity contribution in [2.45, 2.75) is 44.6 Å². The van der Waals surface area contributed by atoms with Crippen molar-refractivity contribution in [2.75, 3.05) is 13.6 Å². The summed E-state index contributed by atoms with van der Waals surface area (Å²) in [5.41, 5.74) is 0.651. The molecular weight excluding hydrogens is 134 g/mol. The molecule has 11 heavy (non-hydrogen) atoms. The Hall–Kier alpha value is -0.0400. The topological polar surface area (TPSA) is 3.24 Å². The molecule has 1 aliphatic carbocycles. The minimum absolute atomic E-state index is 0.651. The van der Waals surface area contributed by atoms with Crippen molar-refractivity contribution in [3.63, 3.8) is 0 Å². The lowest BCUT2D eigenvalue weighted by Gasteiger charge is -2.56. The molecule has 1 saturated carbocycles. The minimum atomic E-state index is 0.651. The van der Waals surface area contributed by atoms with E-state index in [1.54, 1.807) is 0 Å². The number of piperidine rings is 1. The number of hydrogen-bond acceptors (Lipinski definition) is 1. The van der Waals surface area contributed by atoms with E-state index >= 15 is 0 Å². The average molecular weight is 153 g/mol. The SMILES string of the molecule is CC1CCC12CCCCN2C. The molecule has 0 aromatic carbocycles. The number of hydrogen-bond donors (Lipinski definition) is 0. The third-order valence-corrected chi connectivity index (χ3v) is 4.04. The molecule has 1 heterocycles. The van der Waals surface area contributed by atoms with Crippen LogP contribution in [-0.2, 0) is 0 Å². The van der Waals surface area contributed by atoms with Crippen LogP contribution in [0.5, 0.6) is 0 Å². The highest BCUT2D eigenvalue weighted by molar-refractivity contribution is 5.03. The van der Waals surface area contributed by atoms with Gasteiger partial charge in [0.1, 0.15) is 0 Å². The number of likely N-dealkylation sites (tertiary alicyclic amines) is 1. The highest BCUT2D eigenvalue weighted by atomic mass is 15.2. The summed E-state index contributed by atoms with van der Waals surface area (Å²) in [6, 6.07) is 0. The van der Waals surface area contributed by atoms with Gasteiger partial charge in [0.05, 0.1) is 0 Å². The lowest BCUT2D eigenvalue weighted by Crippen LogP contribution is -2.59. The second-order valence-corrected chi connectivity index (χ2v) is 4.42. The van der Waals surface area contributed by atoms with Gasteiger partial charge in [-0.1, -0.05) is 13.3 Å². The molecule has 1 nitrogen and oxygen atoms in total. The quantitative estimate of drug-likeness (QED) is 0.516. The molecule has 64 valence electrons. The molecular formula is C10H19N. The van der Waals surface area contributed by atoms with Gasteiger partial charge in [-0.25, -0.2) is 0 Å². The smallest absolute Gasteiger partial charge is 0.0232 e.